The highest BCUT2D eigenvalue weighted by Gasteiger charge is 2.36. The summed E-state index contributed by atoms with van der Waals surface area (Å²) in [6.07, 6.45) is 3.31. The van der Waals surface area contributed by atoms with Crippen LogP contribution in [0.15, 0.2) is 47.1 Å². The summed E-state index contributed by atoms with van der Waals surface area (Å²) in [6.45, 7) is 3.71. The predicted molar refractivity (Wildman–Crippen MR) is 150 cm³/mol. The van der Waals surface area contributed by atoms with Crippen LogP contribution in [0, 0.1) is 25.5 Å². The first-order chi connectivity index (χ1) is 19.6. The number of nitrogens with zero attached hydrogens (tertiary/aromatic N) is 6. The van der Waals surface area contributed by atoms with Gasteiger partial charge in [0.05, 0.1) is 28.0 Å². The van der Waals surface area contributed by atoms with E-state index in [1.165, 1.54) is 15.9 Å². The van der Waals surface area contributed by atoms with E-state index in [9.17, 15) is 18.4 Å². The number of rotatable bonds is 5. The second-order valence-electron chi connectivity index (χ2n) is 10.2. The van der Waals surface area contributed by atoms with Gasteiger partial charge in [0, 0.05) is 44.0 Å². The van der Waals surface area contributed by atoms with E-state index in [1.54, 1.807) is 20.2 Å². The van der Waals surface area contributed by atoms with Crippen molar-refractivity contribution in [1.29, 1.82) is 0 Å². The lowest BCUT2D eigenvalue weighted by atomic mass is 9.96. The molecule has 1 aromatic carbocycles. The first-order valence-electron chi connectivity index (χ1n) is 13.0. The molecule has 2 amide bonds. The molecule has 6 rings (SSSR count). The molecule has 4 aromatic heterocycles. The third kappa shape index (κ3) is 4.57. The van der Waals surface area contributed by atoms with Gasteiger partial charge < -0.3 is 14.3 Å². The van der Waals surface area contributed by atoms with Crippen LogP contribution in [0.3, 0.4) is 0 Å². The fourth-order valence-electron chi connectivity index (χ4n) is 5.40. The van der Waals surface area contributed by atoms with E-state index < -0.39 is 17.7 Å². The van der Waals surface area contributed by atoms with E-state index >= 15 is 0 Å². The Kier molecular flexibility index (Phi) is 6.65. The molecule has 5 aromatic rings. The Morgan fingerprint density at radius 3 is 2.63 bits per heavy atom. The molecule has 0 radical (unpaired) electrons. The topological polar surface area (TPSA) is 96.8 Å². The van der Waals surface area contributed by atoms with Crippen molar-refractivity contribution in [3.63, 3.8) is 0 Å². The highest BCUT2D eigenvalue weighted by atomic mass is 32.1. The number of imidazole rings is 1. The normalized spacial score (nSPS) is 15.6. The van der Waals surface area contributed by atoms with Gasteiger partial charge in [0.15, 0.2) is 11.6 Å². The number of hydrogen-bond acceptors (Lipinski definition) is 7. The van der Waals surface area contributed by atoms with Gasteiger partial charge >= 0.3 is 0 Å². The fourth-order valence-corrected chi connectivity index (χ4v) is 6.18. The SMILES string of the molecule is Cc1noc(C)c1-c1ccn2c(-c3cc(C(=O)N(C)C)ns3)c(C3CCCC(=O)N3c3ccc(F)c(F)c3)nc2c1. The van der Waals surface area contributed by atoms with E-state index in [4.69, 9.17) is 9.51 Å². The average molecular weight is 577 g/mol. The average Bonchev–Trinajstić information content (AvgIpc) is 3.66. The molecule has 0 bridgehead atoms. The summed E-state index contributed by atoms with van der Waals surface area (Å²) >= 11 is 1.16. The van der Waals surface area contributed by atoms with Crippen LogP contribution < -0.4 is 4.90 Å². The number of piperidine rings is 1. The van der Waals surface area contributed by atoms with Crippen molar-refractivity contribution >= 4 is 34.7 Å². The number of benzene rings is 1. The first-order valence-corrected chi connectivity index (χ1v) is 13.8. The minimum atomic E-state index is -1.03. The summed E-state index contributed by atoms with van der Waals surface area (Å²) in [5.41, 5.74) is 4.87. The second-order valence-corrected chi connectivity index (χ2v) is 11.0. The van der Waals surface area contributed by atoms with Crippen molar-refractivity contribution in [1.82, 2.24) is 23.8 Å². The van der Waals surface area contributed by atoms with Gasteiger partial charge in [-0.3, -0.25) is 14.0 Å². The smallest absolute Gasteiger partial charge is 0.273 e. The number of carbonyl (C=O) groups excluding carboxylic acids is 2. The Labute approximate surface area is 238 Å². The molecule has 0 saturated carbocycles. The van der Waals surface area contributed by atoms with Crippen molar-refractivity contribution in [3.8, 4) is 21.7 Å². The molecule has 1 unspecified atom stereocenters. The van der Waals surface area contributed by atoms with Gasteiger partial charge in [0.1, 0.15) is 17.1 Å². The third-order valence-corrected chi connectivity index (χ3v) is 8.09. The zero-order chi connectivity index (χ0) is 29.0. The number of aromatic nitrogens is 4. The second kappa shape index (κ2) is 10.2. The summed E-state index contributed by atoms with van der Waals surface area (Å²) in [5.74, 6) is -1.79. The summed E-state index contributed by atoms with van der Waals surface area (Å²) in [6, 6.07) is 8.46. The molecule has 1 aliphatic rings. The van der Waals surface area contributed by atoms with Crippen LogP contribution in [0.4, 0.5) is 14.5 Å². The van der Waals surface area contributed by atoms with Crippen LogP contribution in [0.25, 0.3) is 27.3 Å². The van der Waals surface area contributed by atoms with Crippen molar-refractivity contribution in [2.24, 2.45) is 0 Å². The summed E-state index contributed by atoms with van der Waals surface area (Å²) in [7, 11) is 3.31. The molecule has 1 atom stereocenters. The molecule has 0 aliphatic carbocycles. The van der Waals surface area contributed by atoms with Crippen LogP contribution in [0.1, 0.15) is 52.9 Å². The lowest BCUT2D eigenvalue weighted by molar-refractivity contribution is -0.120. The van der Waals surface area contributed by atoms with Crippen molar-refractivity contribution in [2.45, 2.75) is 39.2 Å². The molecule has 1 saturated heterocycles. The summed E-state index contributed by atoms with van der Waals surface area (Å²) < 4.78 is 39.8. The van der Waals surface area contributed by atoms with E-state index in [1.807, 2.05) is 36.6 Å². The molecule has 5 heterocycles. The van der Waals surface area contributed by atoms with Gasteiger partial charge in [-0.1, -0.05) is 5.16 Å². The van der Waals surface area contributed by atoms with E-state index in [-0.39, 0.29) is 23.9 Å². The Balaban J connectivity index is 1.56. The Morgan fingerprint density at radius 2 is 1.93 bits per heavy atom. The van der Waals surface area contributed by atoms with Gasteiger partial charge in [-0.25, -0.2) is 13.8 Å². The van der Waals surface area contributed by atoms with Crippen molar-refractivity contribution < 1.29 is 22.9 Å². The minimum absolute atomic E-state index is 0.209. The van der Waals surface area contributed by atoms with Gasteiger partial charge in [-0.2, -0.15) is 4.37 Å². The number of halogens is 2. The van der Waals surface area contributed by atoms with Crippen LogP contribution >= 0.6 is 11.5 Å². The zero-order valence-electron chi connectivity index (χ0n) is 22.8. The summed E-state index contributed by atoms with van der Waals surface area (Å²) in [5, 5.41) is 4.07. The number of amides is 2. The van der Waals surface area contributed by atoms with Crippen LogP contribution in [-0.2, 0) is 4.79 Å². The van der Waals surface area contributed by atoms with E-state index in [0.29, 0.717) is 46.2 Å². The molecule has 41 heavy (non-hydrogen) atoms. The lowest BCUT2D eigenvalue weighted by Gasteiger charge is -2.35. The molecular formula is C29H26F2N6O3S. The van der Waals surface area contributed by atoms with Crippen LogP contribution in [-0.4, -0.2) is 49.7 Å². The molecule has 0 spiro atoms. The zero-order valence-corrected chi connectivity index (χ0v) is 23.6. The maximum Gasteiger partial charge on any atom is 0.273 e. The first kappa shape index (κ1) is 26.8. The maximum absolute atomic E-state index is 14.3. The Bertz CT molecular complexity index is 1800. The standard InChI is InChI=1S/C29H26F2N6O3S/c1-15-26(16(2)40-33-15)17-10-11-36-24(12-17)32-27(28(36)23-14-21(34-41-23)29(39)35(3)4)22-6-5-7-25(38)37(22)18-8-9-19(30)20(31)13-18/h8-14,22H,5-7H2,1-4H3. The fraction of sp³-hybridized carbons (Fsp3) is 0.276. The van der Waals surface area contributed by atoms with Crippen molar-refractivity contribution in [3.05, 3.63) is 77.1 Å². The van der Waals surface area contributed by atoms with Crippen LogP contribution in [0.5, 0.6) is 0 Å². The van der Waals surface area contributed by atoms with E-state index in [0.717, 1.165) is 40.5 Å². The third-order valence-electron chi connectivity index (χ3n) is 7.29. The quantitative estimate of drug-likeness (QED) is 0.256. The van der Waals surface area contributed by atoms with Gasteiger partial charge in [-0.05, 0) is 74.1 Å². The number of hydrogen-bond donors (Lipinski definition) is 0. The minimum Gasteiger partial charge on any atom is -0.361 e. The number of fused-ring (bicyclic) bond motifs is 1. The molecular weight excluding hydrogens is 550 g/mol. The number of aryl methyl sites for hydroxylation is 2. The molecule has 0 N–H and O–H groups in total. The van der Waals surface area contributed by atoms with Gasteiger partial charge in [-0.15, -0.1) is 0 Å². The number of pyridine rings is 1. The van der Waals surface area contributed by atoms with Gasteiger partial charge in [0.2, 0.25) is 5.91 Å². The van der Waals surface area contributed by atoms with Gasteiger partial charge in [0.25, 0.3) is 5.91 Å². The van der Waals surface area contributed by atoms with Crippen LogP contribution in [0.2, 0.25) is 0 Å². The molecule has 9 nitrogen and oxygen atoms in total. The number of anilines is 1. The molecule has 1 aliphatic heterocycles. The summed E-state index contributed by atoms with van der Waals surface area (Å²) in [4.78, 5) is 34.6. The van der Waals surface area contributed by atoms with Crippen molar-refractivity contribution in [2.75, 3.05) is 19.0 Å². The molecule has 210 valence electrons. The predicted octanol–water partition coefficient (Wildman–Crippen LogP) is 5.97. The largest absolute Gasteiger partial charge is 0.361 e. The molecule has 12 heteroatoms. The highest BCUT2D eigenvalue weighted by Crippen LogP contribution is 2.42. The Hall–Kier alpha value is -4.45. The molecule has 1 fully saturated rings. The highest BCUT2D eigenvalue weighted by molar-refractivity contribution is 7.09. The Morgan fingerprint density at radius 1 is 1.12 bits per heavy atom. The maximum atomic E-state index is 14.3. The van der Waals surface area contributed by atoms with E-state index in [2.05, 4.69) is 9.53 Å². The monoisotopic (exact) mass is 576 g/mol. The number of carbonyl (C=O) groups is 2. The lowest BCUT2D eigenvalue weighted by Crippen LogP contribution is -2.38.